The Hall–Kier alpha value is -1.80. The highest BCUT2D eigenvalue weighted by atomic mass is 16.5. The predicted octanol–water partition coefficient (Wildman–Crippen LogP) is 4.55. The van der Waals surface area contributed by atoms with Crippen LogP contribution < -0.4 is 0 Å². The van der Waals surface area contributed by atoms with Gasteiger partial charge in [0.2, 0.25) is 0 Å². The lowest BCUT2D eigenvalue weighted by atomic mass is 9.88. The van der Waals surface area contributed by atoms with Crippen LogP contribution in [-0.2, 0) is 4.74 Å². The van der Waals surface area contributed by atoms with Gasteiger partial charge >= 0.3 is 0 Å². The van der Waals surface area contributed by atoms with Crippen LogP contribution >= 0.6 is 0 Å². The van der Waals surface area contributed by atoms with Crippen molar-refractivity contribution in [2.24, 2.45) is 5.92 Å². The van der Waals surface area contributed by atoms with Crippen molar-refractivity contribution in [3.8, 4) is 5.75 Å². The highest BCUT2D eigenvalue weighted by molar-refractivity contribution is 5.29. The molecule has 1 heterocycles. The Balaban J connectivity index is 1.99. The van der Waals surface area contributed by atoms with Crippen LogP contribution in [0.4, 0.5) is 0 Å². The lowest BCUT2D eigenvalue weighted by Crippen LogP contribution is -2.21. The molecule has 0 spiro atoms. The Morgan fingerprint density at radius 3 is 2.60 bits per heavy atom. The zero-order valence-corrected chi connectivity index (χ0v) is 12.0. The maximum absolute atomic E-state index is 9.32. The molecule has 0 aliphatic carbocycles. The van der Waals surface area contributed by atoms with E-state index in [1.165, 1.54) is 5.57 Å². The average molecular weight is 270 g/mol. The summed E-state index contributed by atoms with van der Waals surface area (Å²) in [6.45, 7) is 6.53. The van der Waals surface area contributed by atoms with Crippen LogP contribution in [0, 0.1) is 5.92 Å². The summed E-state index contributed by atoms with van der Waals surface area (Å²) < 4.78 is 6.00. The lowest BCUT2D eigenvalue weighted by Gasteiger charge is -2.30. The Morgan fingerprint density at radius 1 is 1.30 bits per heavy atom. The Morgan fingerprint density at radius 2 is 2.05 bits per heavy atom. The number of hydrogen-bond donors (Lipinski definition) is 1. The second-order valence-corrected chi connectivity index (χ2v) is 5.09. The van der Waals surface area contributed by atoms with Crippen molar-refractivity contribution in [2.75, 3.05) is 6.61 Å². The summed E-state index contributed by atoms with van der Waals surface area (Å²) in [4.78, 5) is 0. The molecular weight excluding hydrogens is 248 g/mol. The van der Waals surface area contributed by atoms with Crippen molar-refractivity contribution >= 4 is 0 Å². The van der Waals surface area contributed by atoms with Gasteiger partial charge < -0.3 is 9.84 Å². The normalized spacial score (nSPS) is 23.9. The van der Waals surface area contributed by atoms with E-state index in [0.29, 0.717) is 11.7 Å². The van der Waals surface area contributed by atoms with Crippen LogP contribution in [0.3, 0.4) is 0 Å². The van der Waals surface area contributed by atoms with Gasteiger partial charge in [-0.15, -0.1) is 0 Å². The topological polar surface area (TPSA) is 29.5 Å². The van der Waals surface area contributed by atoms with Gasteiger partial charge in [0.25, 0.3) is 0 Å². The van der Waals surface area contributed by atoms with Gasteiger partial charge in [-0.2, -0.15) is 0 Å². The summed E-state index contributed by atoms with van der Waals surface area (Å²) in [6, 6.07) is 7.31. The minimum atomic E-state index is 0.141. The number of ether oxygens (including phenoxy) is 1. The van der Waals surface area contributed by atoms with E-state index in [1.807, 2.05) is 25.1 Å². The van der Waals surface area contributed by atoms with Crippen LogP contribution in [0.1, 0.15) is 31.4 Å². The third-order valence-electron chi connectivity index (χ3n) is 3.68. The molecule has 1 aliphatic rings. The molecular formula is C18H22O2. The maximum atomic E-state index is 9.32. The molecule has 2 atom stereocenters. The number of benzene rings is 1. The molecule has 1 N–H and O–H groups in total. The first-order valence-corrected chi connectivity index (χ1v) is 7.10. The van der Waals surface area contributed by atoms with E-state index >= 15 is 0 Å². The molecule has 1 fully saturated rings. The monoisotopic (exact) mass is 270 g/mol. The van der Waals surface area contributed by atoms with Crippen molar-refractivity contribution in [1.29, 1.82) is 0 Å². The second kappa shape index (κ2) is 7.11. The van der Waals surface area contributed by atoms with Crippen LogP contribution in [0.25, 0.3) is 0 Å². The van der Waals surface area contributed by atoms with Gasteiger partial charge in [-0.3, -0.25) is 0 Å². The minimum Gasteiger partial charge on any atom is -0.508 e. The molecule has 0 saturated carbocycles. The Bertz CT molecular complexity index is 489. The van der Waals surface area contributed by atoms with Crippen LogP contribution in [-0.4, -0.2) is 11.7 Å². The molecule has 20 heavy (non-hydrogen) atoms. The van der Waals surface area contributed by atoms with Crippen molar-refractivity contribution in [3.05, 3.63) is 66.3 Å². The van der Waals surface area contributed by atoms with Crippen molar-refractivity contribution in [3.63, 3.8) is 0 Å². The number of rotatable bonds is 4. The maximum Gasteiger partial charge on any atom is 0.115 e. The summed E-state index contributed by atoms with van der Waals surface area (Å²) in [6.07, 6.45) is 10.3. The van der Waals surface area contributed by atoms with Crippen molar-refractivity contribution in [2.45, 2.75) is 25.9 Å². The Labute approximate surface area is 121 Å². The zero-order valence-electron chi connectivity index (χ0n) is 12.0. The van der Waals surface area contributed by atoms with E-state index in [2.05, 4.69) is 24.8 Å². The summed E-state index contributed by atoms with van der Waals surface area (Å²) >= 11 is 0. The molecule has 2 rings (SSSR count). The summed E-state index contributed by atoms with van der Waals surface area (Å²) in [5, 5.41) is 9.32. The largest absolute Gasteiger partial charge is 0.508 e. The third-order valence-corrected chi connectivity index (χ3v) is 3.68. The second-order valence-electron chi connectivity index (χ2n) is 5.09. The van der Waals surface area contributed by atoms with Gasteiger partial charge in [-0.1, -0.05) is 43.0 Å². The number of hydrogen-bond acceptors (Lipinski definition) is 2. The van der Waals surface area contributed by atoms with Gasteiger partial charge in [0.15, 0.2) is 0 Å². The van der Waals surface area contributed by atoms with Gasteiger partial charge in [0.05, 0.1) is 12.7 Å². The molecule has 1 aliphatic heterocycles. The molecule has 1 aromatic carbocycles. The van der Waals surface area contributed by atoms with Crippen LogP contribution in [0.2, 0.25) is 0 Å². The third kappa shape index (κ3) is 3.61. The molecule has 1 aromatic rings. The molecule has 0 bridgehead atoms. The fourth-order valence-corrected chi connectivity index (χ4v) is 2.62. The number of phenols is 1. The van der Waals surface area contributed by atoms with E-state index < -0.39 is 0 Å². The highest BCUT2D eigenvalue weighted by Crippen LogP contribution is 2.34. The lowest BCUT2D eigenvalue weighted by molar-refractivity contribution is -0.00716. The number of phenolic OH excluding ortho intramolecular Hbond substituents is 1. The fourth-order valence-electron chi connectivity index (χ4n) is 2.62. The van der Waals surface area contributed by atoms with Gasteiger partial charge in [-0.25, -0.2) is 0 Å². The summed E-state index contributed by atoms with van der Waals surface area (Å²) in [5.41, 5.74) is 2.42. The molecule has 1 saturated heterocycles. The molecule has 0 aromatic heterocycles. The van der Waals surface area contributed by atoms with Gasteiger partial charge in [-0.05, 0) is 43.0 Å². The molecule has 0 radical (unpaired) electrons. The van der Waals surface area contributed by atoms with Gasteiger partial charge in [0, 0.05) is 5.92 Å². The zero-order chi connectivity index (χ0) is 14.4. The van der Waals surface area contributed by atoms with E-state index in [-0.39, 0.29) is 6.10 Å². The number of aromatic hydroxyl groups is 1. The smallest absolute Gasteiger partial charge is 0.115 e. The minimum absolute atomic E-state index is 0.141. The number of allylic oxidation sites excluding steroid dienone is 4. The summed E-state index contributed by atoms with van der Waals surface area (Å²) in [7, 11) is 0. The quantitative estimate of drug-likeness (QED) is 0.813. The predicted molar refractivity (Wildman–Crippen MR) is 82.6 cm³/mol. The molecule has 2 nitrogen and oxygen atoms in total. The summed E-state index contributed by atoms with van der Waals surface area (Å²) in [5.74, 6) is 0.740. The van der Waals surface area contributed by atoms with Crippen LogP contribution in [0.15, 0.2) is 60.7 Å². The molecule has 2 heteroatoms. The van der Waals surface area contributed by atoms with E-state index in [0.717, 1.165) is 25.0 Å². The average Bonchev–Trinajstić information content (AvgIpc) is 2.48. The highest BCUT2D eigenvalue weighted by Gasteiger charge is 2.24. The van der Waals surface area contributed by atoms with E-state index in [9.17, 15) is 5.11 Å². The Kier molecular flexibility index (Phi) is 5.19. The van der Waals surface area contributed by atoms with E-state index in [4.69, 9.17) is 4.74 Å². The van der Waals surface area contributed by atoms with Crippen molar-refractivity contribution < 1.29 is 9.84 Å². The first-order chi connectivity index (χ1) is 9.74. The standard InChI is InChI=1S/C18H22O2/c1-3-5-14(6-4-2)16-9-12-18(20-13-16)15-7-10-17(19)11-8-15/h3-8,10-11,16,18-19H,1,9,12-13H2,2H3/b6-4-,14-5+. The first-order valence-electron chi connectivity index (χ1n) is 7.10. The van der Waals surface area contributed by atoms with Crippen molar-refractivity contribution in [1.82, 2.24) is 0 Å². The first kappa shape index (κ1) is 14.6. The SMILES string of the molecule is C=C/C=C(\C=C/C)C1CCC(c2ccc(O)cc2)OC1. The van der Waals surface area contributed by atoms with Crippen LogP contribution in [0.5, 0.6) is 5.75 Å². The molecule has 106 valence electrons. The molecule has 0 amide bonds. The van der Waals surface area contributed by atoms with E-state index in [1.54, 1.807) is 12.1 Å². The molecule has 2 unspecified atom stereocenters. The van der Waals surface area contributed by atoms with Gasteiger partial charge in [0.1, 0.15) is 5.75 Å². The fraction of sp³-hybridized carbons (Fsp3) is 0.333.